The Morgan fingerprint density at radius 2 is 2.00 bits per heavy atom. The van der Waals surface area contributed by atoms with Crippen LogP contribution >= 0.6 is 11.3 Å². The first-order valence-electron chi connectivity index (χ1n) is 6.21. The fourth-order valence-electron chi connectivity index (χ4n) is 1.89. The fourth-order valence-corrected chi connectivity index (χ4v) is 4.01. The highest BCUT2D eigenvalue weighted by molar-refractivity contribution is 7.94. The molecule has 1 heterocycles. The molecule has 6 heteroatoms. The molecule has 4 nitrogen and oxygen atoms in total. The number of phenols is 1. The summed E-state index contributed by atoms with van der Waals surface area (Å²) in [7, 11) is -3.56. The van der Waals surface area contributed by atoms with Crippen molar-refractivity contribution in [2.45, 2.75) is 30.9 Å². The minimum atomic E-state index is -3.56. The van der Waals surface area contributed by atoms with Gasteiger partial charge in [0.05, 0.1) is 5.69 Å². The molecule has 1 aromatic heterocycles. The molecule has 0 aliphatic rings. The van der Waals surface area contributed by atoms with Crippen LogP contribution in [0.5, 0.6) is 5.75 Å². The lowest BCUT2D eigenvalue weighted by Crippen LogP contribution is -2.12. The van der Waals surface area contributed by atoms with Gasteiger partial charge in [-0.2, -0.15) is 0 Å². The summed E-state index contributed by atoms with van der Waals surface area (Å²) in [6.07, 6.45) is 0. The van der Waals surface area contributed by atoms with E-state index < -0.39 is 10.0 Å². The largest absolute Gasteiger partial charge is 0.508 e. The van der Waals surface area contributed by atoms with E-state index in [-0.39, 0.29) is 15.9 Å². The molecule has 0 amide bonds. The predicted molar refractivity (Wildman–Crippen MR) is 82.1 cm³/mol. The van der Waals surface area contributed by atoms with Crippen molar-refractivity contribution in [3.8, 4) is 5.75 Å². The number of phenolic OH excluding ortho intramolecular Hbond substituents is 1. The van der Waals surface area contributed by atoms with Crippen molar-refractivity contribution in [3.05, 3.63) is 40.8 Å². The third-order valence-corrected chi connectivity index (χ3v) is 5.76. The van der Waals surface area contributed by atoms with Gasteiger partial charge < -0.3 is 5.11 Å². The first kappa shape index (κ1) is 14.9. The number of rotatable bonds is 4. The number of hydrogen-bond acceptors (Lipinski definition) is 4. The van der Waals surface area contributed by atoms with Crippen molar-refractivity contribution in [3.63, 3.8) is 0 Å². The van der Waals surface area contributed by atoms with Gasteiger partial charge in [0.15, 0.2) is 0 Å². The molecule has 108 valence electrons. The molecule has 0 spiro atoms. The minimum absolute atomic E-state index is 0.112. The van der Waals surface area contributed by atoms with Gasteiger partial charge in [-0.25, -0.2) is 8.42 Å². The van der Waals surface area contributed by atoms with Crippen molar-refractivity contribution in [2.75, 3.05) is 4.72 Å². The Balaban J connectivity index is 2.42. The van der Waals surface area contributed by atoms with Gasteiger partial charge >= 0.3 is 0 Å². The summed E-state index contributed by atoms with van der Waals surface area (Å²) in [5, 5.41) is 11.6. The van der Waals surface area contributed by atoms with Gasteiger partial charge in [-0.1, -0.05) is 19.9 Å². The number of nitrogens with one attached hydrogen (secondary N) is 1. The number of benzene rings is 1. The molecule has 0 saturated heterocycles. The molecule has 2 aromatic rings. The summed E-state index contributed by atoms with van der Waals surface area (Å²) in [5.41, 5.74) is 1.91. The summed E-state index contributed by atoms with van der Waals surface area (Å²) >= 11 is 1.17. The second kappa shape index (κ2) is 5.46. The Hall–Kier alpha value is -1.53. The lowest BCUT2D eigenvalue weighted by molar-refractivity contribution is 0.464. The van der Waals surface area contributed by atoms with Crippen LogP contribution in [-0.2, 0) is 10.0 Å². The van der Waals surface area contributed by atoms with Crippen LogP contribution < -0.4 is 4.72 Å². The maximum Gasteiger partial charge on any atom is 0.271 e. The Labute approximate surface area is 123 Å². The van der Waals surface area contributed by atoms with E-state index in [4.69, 9.17) is 0 Å². The highest BCUT2D eigenvalue weighted by Crippen LogP contribution is 2.32. The molecular weight excluding hydrogens is 294 g/mol. The van der Waals surface area contributed by atoms with Crippen molar-refractivity contribution < 1.29 is 13.5 Å². The summed E-state index contributed by atoms with van der Waals surface area (Å²) < 4.78 is 27.3. The van der Waals surface area contributed by atoms with Gasteiger partial charge in [0.25, 0.3) is 10.0 Å². The smallest absolute Gasteiger partial charge is 0.271 e. The maximum atomic E-state index is 12.2. The van der Waals surface area contributed by atoms with E-state index in [2.05, 4.69) is 4.72 Å². The van der Waals surface area contributed by atoms with E-state index in [1.807, 2.05) is 13.8 Å². The number of thiophene rings is 1. The standard InChI is InChI=1S/C14H17NO3S2/c1-9(2)11-8-12(10(3)7-13(11)16)15-20(17,18)14-5-4-6-19-14/h4-9,15-16H,1-3H3. The Morgan fingerprint density at radius 3 is 2.55 bits per heavy atom. The maximum absolute atomic E-state index is 12.2. The monoisotopic (exact) mass is 311 g/mol. The molecule has 0 fully saturated rings. The number of hydrogen-bond donors (Lipinski definition) is 2. The van der Waals surface area contributed by atoms with Crippen LogP contribution in [0.1, 0.15) is 30.9 Å². The lowest BCUT2D eigenvalue weighted by atomic mass is 9.99. The van der Waals surface area contributed by atoms with Gasteiger partial charge in [0.1, 0.15) is 9.96 Å². The van der Waals surface area contributed by atoms with Crippen LogP contribution in [0.15, 0.2) is 33.9 Å². The highest BCUT2D eigenvalue weighted by atomic mass is 32.2. The third-order valence-electron chi connectivity index (χ3n) is 3.00. The normalized spacial score (nSPS) is 11.8. The zero-order valence-corrected chi connectivity index (χ0v) is 13.2. The minimum Gasteiger partial charge on any atom is -0.508 e. The molecule has 1 aromatic carbocycles. The van der Waals surface area contributed by atoms with Gasteiger partial charge in [-0.3, -0.25) is 4.72 Å². The molecule has 0 aliphatic heterocycles. The van der Waals surface area contributed by atoms with Gasteiger partial charge in [0, 0.05) is 0 Å². The van der Waals surface area contributed by atoms with Crippen LogP contribution in [0, 0.1) is 6.92 Å². The first-order chi connectivity index (χ1) is 9.31. The lowest BCUT2D eigenvalue weighted by Gasteiger charge is -2.15. The van der Waals surface area contributed by atoms with Gasteiger partial charge in [0.2, 0.25) is 0 Å². The van der Waals surface area contributed by atoms with Crippen molar-refractivity contribution in [2.24, 2.45) is 0 Å². The molecule has 0 aliphatic carbocycles. The van der Waals surface area contributed by atoms with E-state index in [1.165, 1.54) is 11.3 Å². The van der Waals surface area contributed by atoms with E-state index in [0.717, 1.165) is 5.56 Å². The quantitative estimate of drug-likeness (QED) is 0.846. The van der Waals surface area contributed by atoms with E-state index in [1.54, 1.807) is 36.6 Å². The summed E-state index contributed by atoms with van der Waals surface area (Å²) in [6.45, 7) is 5.65. The summed E-state index contributed by atoms with van der Waals surface area (Å²) in [6, 6.07) is 6.54. The third kappa shape index (κ3) is 2.96. The molecule has 2 N–H and O–H groups in total. The summed E-state index contributed by atoms with van der Waals surface area (Å²) in [4.78, 5) is 0. The van der Waals surface area contributed by atoms with E-state index >= 15 is 0 Å². The zero-order chi connectivity index (χ0) is 14.9. The Kier molecular flexibility index (Phi) is 4.06. The second-order valence-electron chi connectivity index (χ2n) is 4.92. The molecule has 0 bridgehead atoms. The SMILES string of the molecule is Cc1cc(O)c(C(C)C)cc1NS(=O)(=O)c1cccs1. The Morgan fingerprint density at radius 1 is 1.30 bits per heavy atom. The van der Waals surface area contributed by atoms with Crippen LogP contribution in [0.25, 0.3) is 0 Å². The van der Waals surface area contributed by atoms with Gasteiger partial charge in [-0.05, 0) is 47.5 Å². The van der Waals surface area contributed by atoms with Crippen molar-refractivity contribution in [1.82, 2.24) is 0 Å². The zero-order valence-electron chi connectivity index (χ0n) is 11.5. The second-order valence-corrected chi connectivity index (χ2v) is 7.78. The number of sulfonamides is 1. The topological polar surface area (TPSA) is 66.4 Å². The molecule has 0 unspecified atom stereocenters. The fraction of sp³-hybridized carbons (Fsp3) is 0.286. The average Bonchev–Trinajstić information content (AvgIpc) is 2.86. The molecule has 0 atom stereocenters. The molecular formula is C14H17NO3S2. The van der Waals surface area contributed by atoms with Crippen LogP contribution in [0.3, 0.4) is 0 Å². The number of aromatic hydroxyl groups is 1. The number of anilines is 1. The number of aryl methyl sites for hydroxylation is 1. The Bertz CT molecular complexity index is 704. The van der Waals surface area contributed by atoms with E-state index in [9.17, 15) is 13.5 Å². The molecule has 0 saturated carbocycles. The highest BCUT2D eigenvalue weighted by Gasteiger charge is 2.18. The van der Waals surface area contributed by atoms with Crippen LogP contribution in [0.4, 0.5) is 5.69 Å². The van der Waals surface area contributed by atoms with Crippen molar-refractivity contribution >= 4 is 27.0 Å². The molecule has 0 radical (unpaired) electrons. The first-order valence-corrected chi connectivity index (χ1v) is 8.57. The summed E-state index contributed by atoms with van der Waals surface area (Å²) in [5.74, 6) is 0.303. The molecule has 2 rings (SSSR count). The van der Waals surface area contributed by atoms with Crippen LogP contribution in [0.2, 0.25) is 0 Å². The molecule has 20 heavy (non-hydrogen) atoms. The van der Waals surface area contributed by atoms with E-state index in [0.29, 0.717) is 11.3 Å². The predicted octanol–water partition coefficient (Wildman–Crippen LogP) is 3.69. The van der Waals surface area contributed by atoms with Crippen LogP contribution in [-0.4, -0.2) is 13.5 Å². The average molecular weight is 311 g/mol. The van der Waals surface area contributed by atoms with Gasteiger partial charge in [-0.15, -0.1) is 11.3 Å². The van der Waals surface area contributed by atoms with Crippen molar-refractivity contribution in [1.29, 1.82) is 0 Å².